The van der Waals surface area contributed by atoms with Gasteiger partial charge in [0.2, 0.25) is 0 Å². The molecule has 108 valence electrons. The van der Waals surface area contributed by atoms with Crippen LogP contribution in [0.5, 0.6) is 0 Å². The number of thiophene rings is 1. The number of benzene rings is 1. The molecular formula is C17H19N3S. The quantitative estimate of drug-likeness (QED) is 0.769. The summed E-state index contributed by atoms with van der Waals surface area (Å²) in [6.45, 7) is 7.37. The summed E-state index contributed by atoms with van der Waals surface area (Å²) >= 11 is 1.73. The first-order chi connectivity index (χ1) is 10.2. The second-order valence-electron chi connectivity index (χ2n) is 5.38. The predicted molar refractivity (Wildman–Crippen MR) is 90.2 cm³/mol. The van der Waals surface area contributed by atoms with Gasteiger partial charge < -0.3 is 5.32 Å². The van der Waals surface area contributed by atoms with E-state index in [0.717, 1.165) is 17.2 Å². The molecule has 0 spiro atoms. The lowest BCUT2D eigenvalue weighted by Gasteiger charge is -2.14. The lowest BCUT2D eigenvalue weighted by atomic mass is 10.0. The molecule has 0 amide bonds. The average Bonchev–Trinajstić information content (AvgIpc) is 2.81. The van der Waals surface area contributed by atoms with Crippen LogP contribution >= 0.6 is 11.3 Å². The Balaban J connectivity index is 1.83. The van der Waals surface area contributed by atoms with E-state index in [-0.39, 0.29) is 0 Å². The molecule has 3 rings (SSSR count). The Morgan fingerprint density at radius 2 is 1.90 bits per heavy atom. The molecule has 3 nitrogen and oxygen atoms in total. The van der Waals surface area contributed by atoms with Gasteiger partial charge in [0.15, 0.2) is 0 Å². The zero-order valence-electron chi connectivity index (χ0n) is 12.6. The summed E-state index contributed by atoms with van der Waals surface area (Å²) in [4.78, 5) is 11.2. The molecule has 0 saturated heterocycles. The van der Waals surface area contributed by atoms with Gasteiger partial charge in [-0.25, -0.2) is 9.97 Å². The van der Waals surface area contributed by atoms with E-state index in [1.807, 2.05) is 0 Å². The minimum Gasteiger partial charge on any atom is -0.369 e. The number of aromatic nitrogens is 2. The molecule has 2 heterocycles. The maximum Gasteiger partial charge on any atom is 0.138 e. The fraction of sp³-hybridized carbons (Fsp3) is 0.294. The third-order valence-electron chi connectivity index (χ3n) is 3.91. The van der Waals surface area contributed by atoms with Crippen molar-refractivity contribution in [1.82, 2.24) is 9.97 Å². The minimum absolute atomic E-state index is 0.441. The summed E-state index contributed by atoms with van der Waals surface area (Å²) in [7, 11) is 0. The second-order valence-corrected chi connectivity index (χ2v) is 6.58. The van der Waals surface area contributed by atoms with Crippen molar-refractivity contribution in [2.24, 2.45) is 0 Å². The summed E-state index contributed by atoms with van der Waals surface area (Å²) in [5.74, 6) is 1.39. The molecule has 0 aliphatic rings. The Morgan fingerprint density at radius 1 is 1.14 bits per heavy atom. The lowest BCUT2D eigenvalue weighted by Crippen LogP contribution is -2.11. The third-order valence-corrected chi connectivity index (χ3v) is 5.02. The summed E-state index contributed by atoms with van der Waals surface area (Å²) in [6, 6.07) is 10.6. The van der Waals surface area contributed by atoms with Crippen LogP contribution in [0.2, 0.25) is 0 Å². The molecule has 21 heavy (non-hydrogen) atoms. The Labute approximate surface area is 129 Å². The number of nitrogens with one attached hydrogen (secondary N) is 1. The third kappa shape index (κ3) is 2.76. The van der Waals surface area contributed by atoms with E-state index in [9.17, 15) is 0 Å². The van der Waals surface area contributed by atoms with Gasteiger partial charge in [0.25, 0.3) is 0 Å². The van der Waals surface area contributed by atoms with Gasteiger partial charge in [-0.15, -0.1) is 11.3 Å². The van der Waals surface area contributed by atoms with Crippen molar-refractivity contribution in [2.75, 3.05) is 11.9 Å². The van der Waals surface area contributed by atoms with Crippen LogP contribution in [0.25, 0.3) is 10.2 Å². The van der Waals surface area contributed by atoms with E-state index in [2.05, 4.69) is 66.4 Å². The zero-order chi connectivity index (χ0) is 14.8. The standard InChI is InChI=1S/C17H19N3S/c1-11(14-7-5-4-6-8-14)9-18-16-15-12(2)13(3)21-17(15)20-10-19-16/h4-8,10-11H,9H2,1-3H3,(H,18,19,20). The molecule has 0 bridgehead atoms. The summed E-state index contributed by atoms with van der Waals surface area (Å²) < 4.78 is 0. The molecular weight excluding hydrogens is 278 g/mol. The summed E-state index contributed by atoms with van der Waals surface area (Å²) in [5.41, 5.74) is 2.62. The SMILES string of the molecule is Cc1sc2ncnc(NCC(C)c3ccccc3)c2c1C. The van der Waals surface area contributed by atoms with Crippen LogP contribution in [0.1, 0.15) is 28.8 Å². The molecule has 0 saturated carbocycles. The van der Waals surface area contributed by atoms with E-state index in [4.69, 9.17) is 0 Å². The molecule has 2 aromatic heterocycles. The predicted octanol–water partition coefficient (Wildman–Crippen LogP) is 4.52. The number of nitrogens with zero attached hydrogens (tertiary/aromatic N) is 2. The van der Waals surface area contributed by atoms with Gasteiger partial charge in [0, 0.05) is 11.4 Å². The number of anilines is 1. The first-order valence-corrected chi connectivity index (χ1v) is 7.98. The first kappa shape index (κ1) is 14.0. The van der Waals surface area contributed by atoms with Gasteiger partial charge in [-0.05, 0) is 30.9 Å². The topological polar surface area (TPSA) is 37.8 Å². The molecule has 1 atom stereocenters. The summed E-state index contributed by atoms with van der Waals surface area (Å²) in [5, 5.41) is 4.66. The maximum atomic E-state index is 4.43. The average molecular weight is 297 g/mol. The smallest absolute Gasteiger partial charge is 0.138 e. The van der Waals surface area contributed by atoms with E-state index in [1.165, 1.54) is 21.4 Å². The maximum absolute atomic E-state index is 4.43. The molecule has 4 heteroatoms. The molecule has 0 aliphatic carbocycles. The molecule has 0 aliphatic heterocycles. The van der Waals surface area contributed by atoms with Crippen LogP contribution in [0.3, 0.4) is 0 Å². The van der Waals surface area contributed by atoms with Crippen molar-refractivity contribution >= 4 is 27.4 Å². The minimum atomic E-state index is 0.441. The highest BCUT2D eigenvalue weighted by Gasteiger charge is 2.12. The zero-order valence-corrected chi connectivity index (χ0v) is 13.4. The van der Waals surface area contributed by atoms with Crippen LogP contribution in [0, 0.1) is 13.8 Å². The largest absolute Gasteiger partial charge is 0.369 e. The van der Waals surface area contributed by atoms with Crippen LogP contribution in [-0.2, 0) is 0 Å². The van der Waals surface area contributed by atoms with Gasteiger partial charge in [-0.3, -0.25) is 0 Å². The first-order valence-electron chi connectivity index (χ1n) is 7.16. The number of rotatable bonds is 4. The van der Waals surface area contributed by atoms with Gasteiger partial charge in [0.05, 0.1) is 5.39 Å². The highest BCUT2D eigenvalue weighted by Crippen LogP contribution is 2.32. The van der Waals surface area contributed by atoms with Crippen LogP contribution in [-0.4, -0.2) is 16.5 Å². The normalized spacial score (nSPS) is 12.5. The van der Waals surface area contributed by atoms with Gasteiger partial charge >= 0.3 is 0 Å². The van der Waals surface area contributed by atoms with Crippen molar-refractivity contribution in [2.45, 2.75) is 26.7 Å². The second kappa shape index (κ2) is 5.82. The number of aryl methyl sites for hydroxylation is 2. The Hall–Kier alpha value is -1.94. The highest BCUT2D eigenvalue weighted by molar-refractivity contribution is 7.18. The number of fused-ring (bicyclic) bond motifs is 1. The fourth-order valence-corrected chi connectivity index (χ4v) is 3.46. The Kier molecular flexibility index (Phi) is 3.88. The number of hydrogen-bond acceptors (Lipinski definition) is 4. The molecule has 1 N–H and O–H groups in total. The fourth-order valence-electron chi connectivity index (χ4n) is 2.47. The van der Waals surface area contributed by atoms with E-state index < -0.39 is 0 Å². The van der Waals surface area contributed by atoms with Gasteiger partial charge in [0.1, 0.15) is 17.0 Å². The van der Waals surface area contributed by atoms with Gasteiger partial charge in [-0.2, -0.15) is 0 Å². The van der Waals surface area contributed by atoms with Crippen LogP contribution in [0.15, 0.2) is 36.7 Å². The van der Waals surface area contributed by atoms with Gasteiger partial charge in [-0.1, -0.05) is 37.3 Å². The highest BCUT2D eigenvalue weighted by atomic mass is 32.1. The van der Waals surface area contributed by atoms with Crippen molar-refractivity contribution in [3.8, 4) is 0 Å². The molecule has 0 fully saturated rings. The number of hydrogen-bond donors (Lipinski definition) is 1. The molecule has 1 aromatic carbocycles. The summed E-state index contributed by atoms with van der Waals surface area (Å²) in [6.07, 6.45) is 1.65. The Bertz CT molecular complexity index is 749. The molecule has 3 aromatic rings. The van der Waals surface area contributed by atoms with Crippen molar-refractivity contribution < 1.29 is 0 Å². The van der Waals surface area contributed by atoms with Crippen molar-refractivity contribution in [1.29, 1.82) is 0 Å². The van der Waals surface area contributed by atoms with E-state index in [1.54, 1.807) is 17.7 Å². The lowest BCUT2D eigenvalue weighted by molar-refractivity contribution is 0.802. The van der Waals surface area contributed by atoms with Crippen molar-refractivity contribution in [3.63, 3.8) is 0 Å². The molecule has 0 radical (unpaired) electrons. The van der Waals surface area contributed by atoms with E-state index >= 15 is 0 Å². The van der Waals surface area contributed by atoms with E-state index in [0.29, 0.717) is 5.92 Å². The molecule has 1 unspecified atom stereocenters. The Morgan fingerprint density at radius 3 is 2.67 bits per heavy atom. The van der Waals surface area contributed by atoms with Crippen LogP contribution in [0.4, 0.5) is 5.82 Å². The van der Waals surface area contributed by atoms with Crippen molar-refractivity contribution in [3.05, 3.63) is 52.7 Å². The van der Waals surface area contributed by atoms with Crippen LogP contribution < -0.4 is 5.32 Å². The monoisotopic (exact) mass is 297 g/mol.